The summed E-state index contributed by atoms with van der Waals surface area (Å²) in [5.41, 5.74) is 3.32. The van der Waals surface area contributed by atoms with Crippen LogP contribution in [-0.4, -0.2) is 4.98 Å². The number of fused-ring (bicyclic) bond motifs is 1. The summed E-state index contributed by atoms with van der Waals surface area (Å²) in [4.78, 5) is 4.73. The van der Waals surface area contributed by atoms with Crippen LogP contribution in [-0.2, 0) is 6.54 Å². The van der Waals surface area contributed by atoms with Crippen LogP contribution in [0.25, 0.3) is 23.1 Å². The Kier molecular flexibility index (Phi) is 4.52. The van der Waals surface area contributed by atoms with Crippen molar-refractivity contribution in [1.29, 1.82) is 0 Å². The van der Waals surface area contributed by atoms with E-state index in [1.165, 1.54) is 5.56 Å². The molecule has 0 radical (unpaired) electrons. The molecule has 1 N–H and O–H groups in total. The molecule has 0 bridgehead atoms. The molecule has 0 saturated carbocycles. The first-order valence-electron chi connectivity index (χ1n) is 8.70. The standard InChI is InChI=1S/C23H20N2O/c1-17-10-13-20(26-17)16-24-23-15-14-21-19(8-5-9-22(21)25-23)12-11-18-6-3-2-4-7-18/h2-15H,16H2,1H3,(H,24,25). The van der Waals surface area contributed by atoms with Crippen LogP contribution in [0.3, 0.4) is 0 Å². The summed E-state index contributed by atoms with van der Waals surface area (Å²) in [7, 11) is 0. The largest absolute Gasteiger partial charge is 0.465 e. The van der Waals surface area contributed by atoms with Crippen LogP contribution in [0.4, 0.5) is 5.82 Å². The van der Waals surface area contributed by atoms with Crippen molar-refractivity contribution in [3.05, 3.63) is 95.4 Å². The summed E-state index contributed by atoms with van der Waals surface area (Å²) in [5.74, 6) is 2.67. The fourth-order valence-corrected chi connectivity index (χ4v) is 2.93. The van der Waals surface area contributed by atoms with Crippen molar-refractivity contribution in [2.24, 2.45) is 0 Å². The molecule has 0 saturated heterocycles. The number of rotatable bonds is 5. The molecular weight excluding hydrogens is 320 g/mol. The molecule has 3 nitrogen and oxygen atoms in total. The summed E-state index contributed by atoms with van der Waals surface area (Å²) in [6.45, 7) is 2.57. The van der Waals surface area contributed by atoms with Crippen molar-refractivity contribution in [3.8, 4) is 0 Å². The Morgan fingerprint density at radius 2 is 1.77 bits per heavy atom. The van der Waals surface area contributed by atoms with Crippen molar-refractivity contribution >= 4 is 28.9 Å². The average molecular weight is 340 g/mol. The Morgan fingerprint density at radius 3 is 2.58 bits per heavy atom. The zero-order chi connectivity index (χ0) is 17.8. The van der Waals surface area contributed by atoms with Gasteiger partial charge in [-0.05, 0) is 48.4 Å². The van der Waals surface area contributed by atoms with Gasteiger partial charge in [0.1, 0.15) is 17.3 Å². The van der Waals surface area contributed by atoms with Gasteiger partial charge >= 0.3 is 0 Å². The highest BCUT2D eigenvalue weighted by Gasteiger charge is 2.03. The molecule has 4 rings (SSSR count). The number of hydrogen-bond acceptors (Lipinski definition) is 3. The summed E-state index contributed by atoms with van der Waals surface area (Å²) >= 11 is 0. The number of benzene rings is 2. The molecule has 3 heteroatoms. The van der Waals surface area contributed by atoms with E-state index < -0.39 is 0 Å². The van der Waals surface area contributed by atoms with E-state index in [4.69, 9.17) is 9.40 Å². The highest BCUT2D eigenvalue weighted by Crippen LogP contribution is 2.22. The lowest BCUT2D eigenvalue weighted by molar-refractivity contribution is 0.490. The van der Waals surface area contributed by atoms with Crippen LogP contribution >= 0.6 is 0 Å². The van der Waals surface area contributed by atoms with Crippen molar-refractivity contribution < 1.29 is 4.42 Å². The number of hydrogen-bond donors (Lipinski definition) is 1. The molecule has 0 unspecified atom stereocenters. The smallest absolute Gasteiger partial charge is 0.127 e. The second kappa shape index (κ2) is 7.28. The van der Waals surface area contributed by atoms with Crippen molar-refractivity contribution in [3.63, 3.8) is 0 Å². The van der Waals surface area contributed by atoms with Crippen LogP contribution in [0.5, 0.6) is 0 Å². The number of nitrogens with zero attached hydrogens (tertiary/aromatic N) is 1. The van der Waals surface area contributed by atoms with E-state index in [9.17, 15) is 0 Å². The second-order valence-electron chi connectivity index (χ2n) is 6.22. The number of aryl methyl sites for hydroxylation is 1. The van der Waals surface area contributed by atoms with Gasteiger partial charge < -0.3 is 9.73 Å². The Labute approximate surface area is 153 Å². The normalized spacial score (nSPS) is 11.3. The lowest BCUT2D eigenvalue weighted by Crippen LogP contribution is -2.00. The maximum atomic E-state index is 5.59. The van der Waals surface area contributed by atoms with Gasteiger partial charge in [0.2, 0.25) is 0 Å². The quantitative estimate of drug-likeness (QED) is 0.458. The van der Waals surface area contributed by atoms with Gasteiger partial charge in [-0.15, -0.1) is 0 Å². The van der Waals surface area contributed by atoms with E-state index in [-0.39, 0.29) is 0 Å². The third kappa shape index (κ3) is 3.67. The van der Waals surface area contributed by atoms with Gasteiger partial charge in [-0.3, -0.25) is 0 Å². The van der Waals surface area contributed by atoms with Crippen LogP contribution in [0.15, 0.2) is 77.2 Å². The molecule has 4 aromatic rings. The molecule has 0 aliphatic rings. The van der Waals surface area contributed by atoms with E-state index in [2.05, 4.69) is 41.7 Å². The van der Waals surface area contributed by atoms with E-state index in [1.54, 1.807) is 0 Å². The van der Waals surface area contributed by atoms with Gasteiger partial charge in [-0.1, -0.05) is 54.6 Å². The molecular formula is C23H20N2O. The van der Waals surface area contributed by atoms with Gasteiger partial charge in [0.25, 0.3) is 0 Å². The van der Waals surface area contributed by atoms with Crippen LogP contribution in [0.2, 0.25) is 0 Å². The Bertz CT molecular complexity index is 1050. The number of aromatic nitrogens is 1. The minimum absolute atomic E-state index is 0.625. The fourth-order valence-electron chi connectivity index (χ4n) is 2.93. The van der Waals surface area contributed by atoms with Gasteiger partial charge in [0.05, 0.1) is 12.1 Å². The molecule has 26 heavy (non-hydrogen) atoms. The van der Waals surface area contributed by atoms with Gasteiger partial charge in [0, 0.05) is 5.39 Å². The average Bonchev–Trinajstić information content (AvgIpc) is 3.10. The van der Waals surface area contributed by atoms with Crippen molar-refractivity contribution in [2.75, 3.05) is 5.32 Å². The Balaban J connectivity index is 1.56. The molecule has 0 amide bonds. The first kappa shape index (κ1) is 16.2. The SMILES string of the molecule is Cc1ccc(CNc2ccc3c(C=Cc4ccccc4)cccc3n2)o1. The topological polar surface area (TPSA) is 38.1 Å². The highest BCUT2D eigenvalue weighted by atomic mass is 16.3. The molecule has 0 fully saturated rings. The van der Waals surface area contributed by atoms with Crippen molar-refractivity contribution in [1.82, 2.24) is 4.98 Å². The summed E-state index contributed by atoms with van der Waals surface area (Å²) in [5, 5.41) is 4.46. The number of furan rings is 1. The zero-order valence-corrected chi connectivity index (χ0v) is 14.6. The van der Waals surface area contributed by atoms with Crippen LogP contribution in [0.1, 0.15) is 22.6 Å². The van der Waals surface area contributed by atoms with E-state index in [1.807, 2.05) is 55.5 Å². The lowest BCUT2D eigenvalue weighted by atomic mass is 10.1. The first-order valence-corrected chi connectivity index (χ1v) is 8.70. The molecule has 0 aliphatic carbocycles. The van der Waals surface area contributed by atoms with E-state index >= 15 is 0 Å². The van der Waals surface area contributed by atoms with Gasteiger partial charge in [-0.25, -0.2) is 4.98 Å². The van der Waals surface area contributed by atoms with Crippen LogP contribution < -0.4 is 5.32 Å². The molecule has 2 heterocycles. The summed E-state index contributed by atoms with van der Waals surface area (Å²) in [6, 6.07) is 24.6. The second-order valence-corrected chi connectivity index (χ2v) is 6.22. The number of anilines is 1. The summed E-state index contributed by atoms with van der Waals surface area (Å²) in [6.07, 6.45) is 4.26. The zero-order valence-electron chi connectivity index (χ0n) is 14.6. The van der Waals surface area contributed by atoms with Gasteiger partial charge in [0.15, 0.2) is 0 Å². The van der Waals surface area contributed by atoms with Crippen molar-refractivity contribution in [2.45, 2.75) is 13.5 Å². The molecule has 0 aliphatic heterocycles. The predicted octanol–water partition coefficient (Wildman–Crippen LogP) is 5.92. The van der Waals surface area contributed by atoms with E-state index in [0.29, 0.717) is 6.54 Å². The number of nitrogens with one attached hydrogen (secondary N) is 1. The molecule has 0 spiro atoms. The minimum Gasteiger partial charge on any atom is -0.465 e. The maximum absolute atomic E-state index is 5.59. The van der Waals surface area contributed by atoms with Gasteiger partial charge in [-0.2, -0.15) is 0 Å². The molecule has 2 aromatic carbocycles. The monoisotopic (exact) mass is 340 g/mol. The Morgan fingerprint density at radius 1 is 0.885 bits per heavy atom. The molecule has 128 valence electrons. The number of pyridine rings is 1. The maximum Gasteiger partial charge on any atom is 0.127 e. The predicted molar refractivity (Wildman–Crippen MR) is 108 cm³/mol. The third-order valence-corrected chi connectivity index (χ3v) is 4.26. The molecule has 0 atom stereocenters. The molecule has 2 aromatic heterocycles. The third-order valence-electron chi connectivity index (χ3n) is 4.26. The minimum atomic E-state index is 0.625. The lowest BCUT2D eigenvalue weighted by Gasteiger charge is -2.07. The fraction of sp³-hybridized carbons (Fsp3) is 0.0870. The first-order chi connectivity index (χ1) is 12.8. The Hall–Kier alpha value is -3.33. The van der Waals surface area contributed by atoms with Crippen LogP contribution in [0, 0.1) is 6.92 Å². The highest BCUT2D eigenvalue weighted by molar-refractivity contribution is 5.91. The summed E-state index contributed by atoms with van der Waals surface area (Å²) < 4.78 is 5.59. The van der Waals surface area contributed by atoms with E-state index in [0.717, 1.165) is 33.8 Å².